The predicted molar refractivity (Wildman–Crippen MR) is 116 cm³/mol. The van der Waals surface area contributed by atoms with Crippen LogP contribution in [0.2, 0.25) is 0 Å². The second-order valence-corrected chi connectivity index (χ2v) is 7.56. The molecule has 2 bridgehead atoms. The third-order valence-corrected chi connectivity index (χ3v) is 5.52. The van der Waals surface area contributed by atoms with Crippen molar-refractivity contribution >= 4 is 23.6 Å². The average molecular weight is 447 g/mol. The largest absolute Gasteiger partial charge is 0.464 e. The first kappa shape index (κ1) is 20.7. The molecule has 3 heterocycles. The van der Waals surface area contributed by atoms with Crippen molar-refractivity contribution in [3.63, 3.8) is 0 Å². The van der Waals surface area contributed by atoms with Gasteiger partial charge >= 0.3 is 12.0 Å². The third-order valence-electron chi connectivity index (χ3n) is 5.52. The summed E-state index contributed by atoms with van der Waals surface area (Å²) >= 11 is 0. The van der Waals surface area contributed by atoms with Gasteiger partial charge in [0.1, 0.15) is 12.7 Å². The number of ether oxygens (including phenoxy) is 1. The highest BCUT2D eigenvalue weighted by atomic mass is 16.7. The second kappa shape index (κ2) is 8.41. The third kappa shape index (κ3) is 3.71. The van der Waals surface area contributed by atoms with Crippen LogP contribution in [-0.4, -0.2) is 52.7 Å². The summed E-state index contributed by atoms with van der Waals surface area (Å²) < 4.78 is 4.92. The number of para-hydroxylation sites is 1. The molecule has 1 unspecified atom stereocenters. The van der Waals surface area contributed by atoms with Crippen molar-refractivity contribution in [2.24, 2.45) is 0 Å². The monoisotopic (exact) mass is 447 g/mol. The number of fused-ring (bicyclic) bond motifs is 4. The Morgan fingerprint density at radius 2 is 1.79 bits per heavy atom. The predicted octanol–water partition coefficient (Wildman–Crippen LogP) is 1.92. The number of nitrogens with zero attached hydrogens (tertiary/aromatic N) is 3. The van der Waals surface area contributed by atoms with Gasteiger partial charge in [0.15, 0.2) is 5.70 Å². The Labute approximate surface area is 189 Å². The molecule has 0 radical (unpaired) electrons. The molecule has 2 aromatic carbocycles. The molecule has 0 aliphatic carbocycles. The zero-order valence-electron chi connectivity index (χ0n) is 17.7. The molecule has 1 fully saturated rings. The molecule has 1 atom stereocenters. The molecule has 5 rings (SSSR count). The first-order chi connectivity index (χ1) is 16.1. The molecule has 3 aliphatic rings. The SMILES string of the molecule is COC(=O)C1=C2NN(C(=O)Nc3ccccc3)C=C2C2C(=O)N1CN2OCc1ccccc1. The molecule has 33 heavy (non-hydrogen) atoms. The van der Waals surface area contributed by atoms with Crippen LogP contribution in [0.25, 0.3) is 0 Å². The van der Waals surface area contributed by atoms with Crippen LogP contribution in [0.4, 0.5) is 10.5 Å². The van der Waals surface area contributed by atoms with E-state index in [1.807, 2.05) is 36.4 Å². The normalized spacial score (nSPS) is 19.2. The number of urea groups is 1. The maximum absolute atomic E-state index is 13.1. The van der Waals surface area contributed by atoms with Crippen LogP contribution in [-0.2, 0) is 25.8 Å². The summed E-state index contributed by atoms with van der Waals surface area (Å²) in [5.74, 6) is -1.02. The van der Waals surface area contributed by atoms with Gasteiger partial charge in [-0.3, -0.25) is 20.0 Å². The Kier molecular flexibility index (Phi) is 5.29. The smallest absolute Gasteiger partial charge is 0.357 e. The van der Waals surface area contributed by atoms with Crippen LogP contribution in [0, 0.1) is 0 Å². The van der Waals surface area contributed by atoms with Gasteiger partial charge in [0, 0.05) is 17.5 Å². The van der Waals surface area contributed by atoms with Gasteiger partial charge in [-0.15, -0.1) is 0 Å². The minimum atomic E-state index is -0.806. The maximum Gasteiger partial charge on any atom is 0.357 e. The van der Waals surface area contributed by atoms with Crippen molar-refractivity contribution in [1.29, 1.82) is 0 Å². The van der Waals surface area contributed by atoms with Crippen LogP contribution in [0.15, 0.2) is 83.8 Å². The van der Waals surface area contributed by atoms with Crippen LogP contribution in [0.1, 0.15) is 5.56 Å². The fourth-order valence-electron chi connectivity index (χ4n) is 3.95. The van der Waals surface area contributed by atoms with E-state index in [2.05, 4.69) is 10.7 Å². The molecule has 3 amide bonds. The van der Waals surface area contributed by atoms with E-state index in [0.717, 1.165) is 5.56 Å². The quantitative estimate of drug-likeness (QED) is 0.675. The number of benzene rings is 2. The number of amides is 3. The van der Waals surface area contributed by atoms with Gasteiger partial charge < -0.3 is 10.1 Å². The van der Waals surface area contributed by atoms with Crippen LogP contribution < -0.4 is 10.7 Å². The number of carbonyl (C=O) groups is 3. The number of nitrogens with one attached hydrogen (secondary N) is 2. The van der Waals surface area contributed by atoms with E-state index in [4.69, 9.17) is 9.57 Å². The lowest BCUT2D eigenvalue weighted by atomic mass is 10.00. The Bertz CT molecular complexity index is 1160. The van der Waals surface area contributed by atoms with E-state index in [1.54, 1.807) is 24.3 Å². The molecule has 3 aliphatic heterocycles. The molecule has 0 aromatic heterocycles. The fraction of sp³-hybridized carbons (Fsp3) is 0.174. The first-order valence-electron chi connectivity index (χ1n) is 10.3. The molecular weight excluding hydrogens is 426 g/mol. The van der Waals surface area contributed by atoms with E-state index in [1.165, 1.54) is 28.3 Å². The van der Waals surface area contributed by atoms with Crippen LogP contribution in [0.3, 0.4) is 0 Å². The van der Waals surface area contributed by atoms with Gasteiger partial charge in [-0.1, -0.05) is 48.5 Å². The van der Waals surface area contributed by atoms with Crippen LogP contribution in [0.5, 0.6) is 0 Å². The Morgan fingerprint density at radius 1 is 1.09 bits per heavy atom. The van der Waals surface area contributed by atoms with Crippen molar-refractivity contribution < 1.29 is 24.0 Å². The summed E-state index contributed by atoms with van der Waals surface area (Å²) in [7, 11) is 1.24. The van der Waals surface area contributed by atoms with Crippen molar-refractivity contribution in [2.75, 3.05) is 19.1 Å². The summed E-state index contributed by atoms with van der Waals surface area (Å²) in [6, 6.07) is 17.2. The number of hydrogen-bond donors (Lipinski definition) is 2. The summed E-state index contributed by atoms with van der Waals surface area (Å²) in [6.07, 6.45) is 1.50. The number of hydroxylamine groups is 2. The highest BCUT2D eigenvalue weighted by molar-refractivity contribution is 6.02. The number of hydrogen-bond acceptors (Lipinski definition) is 7. The average Bonchev–Trinajstić information content (AvgIpc) is 3.37. The van der Waals surface area contributed by atoms with Crippen molar-refractivity contribution in [3.8, 4) is 0 Å². The summed E-state index contributed by atoms with van der Waals surface area (Å²) in [6.45, 7) is 0.305. The second-order valence-electron chi connectivity index (χ2n) is 7.56. The summed E-state index contributed by atoms with van der Waals surface area (Å²) in [5, 5.41) is 5.47. The lowest BCUT2D eigenvalue weighted by Gasteiger charge is -2.25. The van der Waals surface area contributed by atoms with Gasteiger partial charge in [-0.25, -0.2) is 14.6 Å². The minimum Gasteiger partial charge on any atom is -0.464 e. The molecule has 10 nitrogen and oxygen atoms in total. The number of esters is 1. The van der Waals surface area contributed by atoms with Gasteiger partial charge in [-0.2, -0.15) is 5.06 Å². The number of methoxy groups -OCH3 is 1. The molecule has 168 valence electrons. The van der Waals surface area contributed by atoms with E-state index in [9.17, 15) is 14.4 Å². The molecule has 1 saturated heterocycles. The van der Waals surface area contributed by atoms with E-state index in [-0.39, 0.29) is 24.9 Å². The van der Waals surface area contributed by atoms with Gasteiger partial charge in [-0.05, 0) is 17.7 Å². The zero-order chi connectivity index (χ0) is 22.9. The lowest BCUT2D eigenvalue weighted by molar-refractivity contribution is -0.176. The van der Waals surface area contributed by atoms with Crippen molar-refractivity contribution in [1.82, 2.24) is 20.4 Å². The number of carbonyl (C=O) groups excluding carboxylic acids is 3. The van der Waals surface area contributed by atoms with Crippen molar-refractivity contribution in [2.45, 2.75) is 12.6 Å². The molecule has 2 aromatic rings. The number of rotatable bonds is 5. The zero-order valence-corrected chi connectivity index (χ0v) is 17.7. The molecule has 2 N–H and O–H groups in total. The number of anilines is 1. The van der Waals surface area contributed by atoms with Crippen LogP contribution >= 0.6 is 0 Å². The minimum absolute atomic E-state index is 0.0332. The van der Waals surface area contributed by atoms with Crippen molar-refractivity contribution in [3.05, 3.63) is 89.4 Å². The molecular formula is C23H21N5O5. The molecule has 0 saturated carbocycles. The van der Waals surface area contributed by atoms with Gasteiger partial charge in [0.2, 0.25) is 0 Å². The van der Waals surface area contributed by atoms with Gasteiger partial charge in [0.05, 0.1) is 19.4 Å². The lowest BCUT2D eigenvalue weighted by Crippen LogP contribution is -2.43. The highest BCUT2D eigenvalue weighted by Gasteiger charge is 2.53. The van der Waals surface area contributed by atoms with E-state index in [0.29, 0.717) is 17.0 Å². The maximum atomic E-state index is 13.1. The highest BCUT2D eigenvalue weighted by Crippen LogP contribution is 2.39. The fourth-order valence-corrected chi connectivity index (χ4v) is 3.95. The van der Waals surface area contributed by atoms with E-state index >= 15 is 0 Å². The van der Waals surface area contributed by atoms with Gasteiger partial charge in [0.25, 0.3) is 5.91 Å². The Morgan fingerprint density at radius 3 is 2.48 bits per heavy atom. The molecule has 0 spiro atoms. The summed E-state index contributed by atoms with van der Waals surface area (Å²) in [4.78, 5) is 45.8. The summed E-state index contributed by atoms with van der Waals surface area (Å²) in [5.41, 5.74) is 5.28. The topological polar surface area (TPSA) is 103 Å². The Balaban J connectivity index is 1.43. The van der Waals surface area contributed by atoms with E-state index < -0.39 is 18.0 Å². The Hall–Kier alpha value is -4.15. The number of hydrazine groups is 1. The molecule has 10 heteroatoms. The first-order valence-corrected chi connectivity index (χ1v) is 10.3. The standard InChI is InChI=1S/C23H21N5O5/c1-32-22(30)20-18-17(12-27(25-18)23(31)24-16-10-6-3-7-11-16)19-21(29)26(20)14-28(19)33-13-15-8-4-2-5-9-15/h2-12,19,25H,13-14H2,1H3,(H,24,31).